The summed E-state index contributed by atoms with van der Waals surface area (Å²) in [6.45, 7) is 0. The maximum atomic E-state index is 14.6. The molecule has 0 aliphatic heterocycles. The molecule has 4 nitrogen and oxygen atoms in total. The molecule has 0 bridgehead atoms. The summed E-state index contributed by atoms with van der Waals surface area (Å²) in [6.07, 6.45) is 3.07. The van der Waals surface area contributed by atoms with Crippen molar-refractivity contribution in [1.82, 2.24) is 4.57 Å². The zero-order valence-electron chi connectivity index (χ0n) is 22.4. The fourth-order valence-electron chi connectivity index (χ4n) is 5.51. The fraction of sp³-hybridized carbons (Fsp3) is 0. The van der Waals surface area contributed by atoms with Crippen molar-refractivity contribution in [3.63, 3.8) is 0 Å². The monoisotopic (exact) mass is 581 g/mol. The van der Waals surface area contributed by atoms with Gasteiger partial charge in [0.05, 0.1) is 21.2 Å². The summed E-state index contributed by atoms with van der Waals surface area (Å²) in [6, 6.07) is 41.7. The molecule has 0 fully saturated rings. The first-order chi connectivity index (χ1) is 20.5. The molecule has 1 aromatic heterocycles. The molecule has 0 N–H and O–H groups in total. The Hall–Kier alpha value is -4.88. The molecule has 6 heteroatoms. The molecule has 1 aliphatic carbocycles. The second-order valence-electron chi connectivity index (χ2n) is 9.98. The lowest BCUT2D eigenvalue weighted by Gasteiger charge is -2.20. The van der Waals surface area contributed by atoms with Crippen molar-refractivity contribution < 1.29 is 13.0 Å². The summed E-state index contributed by atoms with van der Waals surface area (Å²) in [5.74, 6) is 0. The van der Waals surface area contributed by atoms with Gasteiger partial charge in [0.1, 0.15) is 4.91 Å². The zero-order chi connectivity index (χ0) is 28.7. The second kappa shape index (κ2) is 10.2. The number of hydrogen-bond acceptors (Lipinski definition) is 3. The number of fused-ring (bicyclic) bond motifs is 3. The average Bonchev–Trinajstić information content (AvgIpc) is 3.40. The molecule has 6 aromatic rings. The molecule has 0 atom stereocenters. The molecule has 7 rings (SSSR count). The molecule has 202 valence electrons. The van der Waals surface area contributed by atoms with Gasteiger partial charge in [0, 0.05) is 27.1 Å². The lowest BCUT2D eigenvalue weighted by Crippen LogP contribution is -2.17. The van der Waals surface area contributed by atoms with Crippen molar-refractivity contribution in [1.29, 1.82) is 0 Å². The van der Waals surface area contributed by atoms with Crippen molar-refractivity contribution >= 4 is 49.4 Å². The van der Waals surface area contributed by atoms with Gasteiger partial charge in [-0.3, -0.25) is 0 Å². The molecule has 0 saturated heterocycles. The van der Waals surface area contributed by atoms with Gasteiger partial charge in [-0.05, 0) is 54.3 Å². The van der Waals surface area contributed by atoms with E-state index in [-0.39, 0.29) is 9.80 Å². The molecule has 1 aliphatic rings. The SMILES string of the molecule is O=P(C1=C=C=C(S(=O)(=O)c2ccc(-n3c4ccccc4c4ccccc43)cc2)C=C1)(c1ccccc1)c1ccccc1. The minimum atomic E-state index is -3.89. The summed E-state index contributed by atoms with van der Waals surface area (Å²) in [5, 5.41) is 3.98. The van der Waals surface area contributed by atoms with Crippen LogP contribution in [0.3, 0.4) is 0 Å². The summed E-state index contributed by atoms with van der Waals surface area (Å²) >= 11 is 0. The highest BCUT2D eigenvalue weighted by Crippen LogP contribution is 2.52. The van der Waals surface area contributed by atoms with Crippen LogP contribution < -0.4 is 10.6 Å². The van der Waals surface area contributed by atoms with Crippen molar-refractivity contribution in [2.24, 2.45) is 0 Å². The number of aromatic nitrogens is 1. The topological polar surface area (TPSA) is 56.1 Å². The Labute approximate surface area is 244 Å². The van der Waals surface area contributed by atoms with Gasteiger partial charge >= 0.3 is 0 Å². The maximum Gasteiger partial charge on any atom is 0.214 e. The molecule has 42 heavy (non-hydrogen) atoms. The van der Waals surface area contributed by atoms with E-state index in [1.807, 2.05) is 97.1 Å². The van der Waals surface area contributed by atoms with Gasteiger partial charge in [-0.25, -0.2) is 8.42 Å². The summed E-state index contributed by atoms with van der Waals surface area (Å²) in [7, 11) is -7.17. The van der Waals surface area contributed by atoms with Crippen LogP contribution in [0.15, 0.2) is 172 Å². The van der Waals surface area contributed by atoms with E-state index in [9.17, 15) is 13.0 Å². The zero-order valence-corrected chi connectivity index (χ0v) is 24.1. The van der Waals surface area contributed by atoms with Gasteiger partial charge in [0.25, 0.3) is 0 Å². The first kappa shape index (κ1) is 26.0. The van der Waals surface area contributed by atoms with Crippen LogP contribution in [0.1, 0.15) is 0 Å². The van der Waals surface area contributed by atoms with Gasteiger partial charge in [-0.2, -0.15) is 0 Å². The third-order valence-corrected chi connectivity index (χ3v) is 12.3. The standard InChI is InChI=1S/C36H24NO3PS/c38-41(28-11-3-1-4-12-28,29-13-5-2-6-14-29)30-21-25-32(26-22-30)42(39,40)31-23-19-27(20-24-31)37-35-17-9-7-15-33(35)34-16-8-10-18-36(34)37/h1-21,23-25H. The Morgan fingerprint density at radius 2 is 1.05 bits per heavy atom. The molecule has 0 amide bonds. The van der Waals surface area contributed by atoms with Crippen molar-refractivity contribution in [3.05, 3.63) is 167 Å². The van der Waals surface area contributed by atoms with Gasteiger partial charge in [0.15, 0.2) is 7.14 Å². The largest absolute Gasteiger partial charge is 0.309 e. The van der Waals surface area contributed by atoms with Crippen LogP contribution >= 0.6 is 7.14 Å². The number of sulfone groups is 1. The van der Waals surface area contributed by atoms with Crippen LogP contribution in [-0.2, 0) is 14.4 Å². The third kappa shape index (κ3) is 4.16. The Morgan fingerprint density at radius 1 is 0.548 bits per heavy atom. The average molecular weight is 582 g/mol. The lowest BCUT2D eigenvalue weighted by atomic mass is 10.2. The predicted octanol–water partition coefficient (Wildman–Crippen LogP) is 7.66. The van der Waals surface area contributed by atoms with Crippen LogP contribution in [0.5, 0.6) is 0 Å². The van der Waals surface area contributed by atoms with E-state index in [1.165, 1.54) is 6.08 Å². The van der Waals surface area contributed by atoms with Gasteiger partial charge in [0.2, 0.25) is 9.84 Å². The predicted molar refractivity (Wildman–Crippen MR) is 171 cm³/mol. The second-order valence-corrected chi connectivity index (χ2v) is 14.6. The Balaban J connectivity index is 1.31. The van der Waals surface area contributed by atoms with E-state index in [4.69, 9.17) is 0 Å². The van der Waals surface area contributed by atoms with Gasteiger partial charge in [-0.15, -0.1) is 0 Å². The quantitative estimate of drug-likeness (QED) is 0.150. The molecular weight excluding hydrogens is 557 g/mol. The molecular formula is C36H24NO3PS. The highest BCUT2D eigenvalue weighted by atomic mass is 32.2. The van der Waals surface area contributed by atoms with E-state index < -0.39 is 17.0 Å². The summed E-state index contributed by atoms with van der Waals surface area (Å²) in [5.41, 5.74) is 8.74. The molecule has 0 radical (unpaired) electrons. The fourth-order valence-corrected chi connectivity index (χ4v) is 9.23. The highest BCUT2D eigenvalue weighted by Gasteiger charge is 2.32. The normalized spacial score (nSPS) is 13.3. The molecule has 1 heterocycles. The van der Waals surface area contributed by atoms with Crippen LogP contribution in [0.2, 0.25) is 0 Å². The summed E-state index contributed by atoms with van der Waals surface area (Å²) in [4.78, 5) is 0.127. The summed E-state index contributed by atoms with van der Waals surface area (Å²) < 4.78 is 44.0. The maximum absolute atomic E-state index is 14.6. The van der Waals surface area contributed by atoms with Crippen LogP contribution in [0, 0.1) is 0 Å². The van der Waals surface area contributed by atoms with Crippen molar-refractivity contribution in [3.8, 4) is 5.69 Å². The van der Waals surface area contributed by atoms with E-state index >= 15 is 0 Å². The van der Waals surface area contributed by atoms with E-state index in [1.54, 1.807) is 18.2 Å². The first-order valence-electron chi connectivity index (χ1n) is 13.5. The highest BCUT2D eigenvalue weighted by molar-refractivity contribution is 7.95. The Morgan fingerprint density at radius 3 is 1.55 bits per heavy atom. The number of para-hydroxylation sites is 2. The molecule has 0 saturated carbocycles. The Bertz CT molecular complexity index is 2190. The van der Waals surface area contributed by atoms with Crippen molar-refractivity contribution in [2.75, 3.05) is 0 Å². The molecule has 5 aromatic carbocycles. The third-order valence-electron chi connectivity index (χ3n) is 7.56. The lowest BCUT2D eigenvalue weighted by molar-refractivity contribution is 0.591. The molecule has 0 unspecified atom stereocenters. The van der Waals surface area contributed by atoms with Crippen LogP contribution in [-0.4, -0.2) is 13.0 Å². The number of rotatable bonds is 6. The number of benzene rings is 5. The minimum absolute atomic E-state index is 0.0245. The van der Waals surface area contributed by atoms with Crippen molar-refractivity contribution in [2.45, 2.75) is 4.90 Å². The van der Waals surface area contributed by atoms with E-state index in [2.05, 4.69) is 40.3 Å². The molecule has 0 spiro atoms. The van der Waals surface area contributed by atoms with E-state index in [0.717, 1.165) is 27.5 Å². The van der Waals surface area contributed by atoms with E-state index in [0.29, 0.717) is 15.9 Å². The van der Waals surface area contributed by atoms with Crippen LogP contribution in [0.4, 0.5) is 0 Å². The number of allylic oxidation sites excluding steroid dienone is 3. The minimum Gasteiger partial charge on any atom is -0.309 e. The smallest absolute Gasteiger partial charge is 0.214 e. The van der Waals surface area contributed by atoms with Gasteiger partial charge in [-0.1, -0.05) is 103 Å². The number of hydrogen-bond donors (Lipinski definition) is 0. The number of nitrogens with zero attached hydrogens (tertiary/aromatic N) is 1. The van der Waals surface area contributed by atoms with Gasteiger partial charge < -0.3 is 9.13 Å². The Kier molecular flexibility index (Phi) is 6.32. The first-order valence-corrected chi connectivity index (χ1v) is 16.7. The van der Waals surface area contributed by atoms with Crippen LogP contribution in [0.25, 0.3) is 27.5 Å².